The Labute approximate surface area is 130 Å². The number of nitrogens with two attached hydrogens (primary N) is 1. The average Bonchev–Trinajstić information content (AvgIpc) is 2.53. The van der Waals surface area contributed by atoms with Crippen molar-refractivity contribution in [3.8, 4) is 0 Å². The smallest absolute Gasteiger partial charge is 0.225 e. The second-order valence-electron chi connectivity index (χ2n) is 5.14. The highest BCUT2D eigenvalue weighted by atomic mass is 35.5. The highest BCUT2D eigenvalue weighted by Crippen LogP contribution is 2.19. The Bertz CT molecular complexity index is 454. The molecule has 1 atom stereocenters. The summed E-state index contributed by atoms with van der Waals surface area (Å²) in [6.07, 6.45) is 0.167. The van der Waals surface area contributed by atoms with Crippen molar-refractivity contribution < 1.29 is 9.53 Å². The third-order valence-corrected chi connectivity index (χ3v) is 4.07. The molecule has 6 heteroatoms. The van der Waals surface area contributed by atoms with E-state index in [0.717, 1.165) is 36.9 Å². The first-order chi connectivity index (χ1) is 10.1. The minimum Gasteiger partial charge on any atom is -0.380 e. The number of amides is 1. The van der Waals surface area contributed by atoms with Crippen molar-refractivity contribution in [2.45, 2.75) is 12.5 Å². The summed E-state index contributed by atoms with van der Waals surface area (Å²) in [6.45, 7) is 3.47. The van der Waals surface area contributed by atoms with Crippen LogP contribution < -0.4 is 10.6 Å². The molecule has 5 nitrogen and oxygen atoms in total. The van der Waals surface area contributed by atoms with Crippen molar-refractivity contribution in [3.05, 3.63) is 29.3 Å². The van der Waals surface area contributed by atoms with Crippen LogP contribution in [0.2, 0.25) is 5.02 Å². The number of benzene rings is 1. The van der Waals surface area contributed by atoms with Crippen LogP contribution in [0.4, 0.5) is 5.69 Å². The summed E-state index contributed by atoms with van der Waals surface area (Å²) in [5.41, 5.74) is 6.70. The number of methoxy groups -OCH3 is 1. The number of carbonyl (C=O) groups excluding carboxylic acids is 1. The lowest BCUT2D eigenvalue weighted by atomic mass is 10.2. The zero-order chi connectivity index (χ0) is 15.2. The first-order valence-corrected chi connectivity index (χ1v) is 7.53. The van der Waals surface area contributed by atoms with Gasteiger partial charge in [-0.2, -0.15) is 0 Å². The van der Waals surface area contributed by atoms with E-state index >= 15 is 0 Å². The molecule has 1 aliphatic rings. The Morgan fingerprint density at radius 1 is 1.29 bits per heavy atom. The van der Waals surface area contributed by atoms with E-state index in [0.29, 0.717) is 13.0 Å². The molecule has 1 heterocycles. The molecule has 0 aliphatic carbocycles. The lowest BCUT2D eigenvalue weighted by Crippen LogP contribution is -2.49. The van der Waals surface area contributed by atoms with Gasteiger partial charge < -0.3 is 20.3 Å². The molecular formula is C15H22ClN3O2. The van der Waals surface area contributed by atoms with Gasteiger partial charge in [0.1, 0.15) is 0 Å². The second kappa shape index (κ2) is 7.64. The first kappa shape index (κ1) is 16.1. The van der Waals surface area contributed by atoms with E-state index in [-0.39, 0.29) is 12.0 Å². The lowest BCUT2D eigenvalue weighted by Gasteiger charge is -2.36. The summed E-state index contributed by atoms with van der Waals surface area (Å²) >= 11 is 5.90. The fraction of sp³-hybridized carbons (Fsp3) is 0.533. The average molecular weight is 312 g/mol. The van der Waals surface area contributed by atoms with Crippen molar-refractivity contribution in [1.29, 1.82) is 0 Å². The van der Waals surface area contributed by atoms with E-state index in [1.165, 1.54) is 0 Å². The van der Waals surface area contributed by atoms with E-state index in [1.54, 1.807) is 7.11 Å². The third-order valence-electron chi connectivity index (χ3n) is 3.82. The van der Waals surface area contributed by atoms with Crippen LogP contribution in [0.25, 0.3) is 0 Å². The Morgan fingerprint density at radius 2 is 1.90 bits per heavy atom. The van der Waals surface area contributed by atoms with Crippen molar-refractivity contribution >= 4 is 23.2 Å². The fourth-order valence-corrected chi connectivity index (χ4v) is 2.58. The molecular weight excluding hydrogens is 290 g/mol. The monoisotopic (exact) mass is 311 g/mol. The minimum absolute atomic E-state index is 0.114. The molecule has 1 aliphatic heterocycles. The van der Waals surface area contributed by atoms with Gasteiger partial charge in [-0.05, 0) is 24.3 Å². The van der Waals surface area contributed by atoms with Crippen molar-refractivity contribution in [2.75, 3.05) is 44.7 Å². The molecule has 0 saturated carbocycles. The summed E-state index contributed by atoms with van der Waals surface area (Å²) < 4.78 is 5.17. The lowest BCUT2D eigenvalue weighted by molar-refractivity contribution is -0.133. The number of hydrogen-bond acceptors (Lipinski definition) is 4. The first-order valence-electron chi connectivity index (χ1n) is 7.15. The molecule has 2 N–H and O–H groups in total. The van der Waals surface area contributed by atoms with Crippen LogP contribution in [0.5, 0.6) is 0 Å². The van der Waals surface area contributed by atoms with E-state index < -0.39 is 0 Å². The highest BCUT2D eigenvalue weighted by molar-refractivity contribution is 6.30. The maximum Gasteiger partial charge on any atom is 0.225 e. The SMILES string of the molecule is COC(CN)CC(=O)N1CCN(c2ccc(Cl)cc2)CC1. The number of anilines is 1. The fourth-order valence-electron chi connectivity index (χ4n) is 2.45. The standard InChI is InChI=1S/C15H22ClN3O2/c1-21-14(11-17)10-15(20)19-8-6-18(7-9-19)13-4-2-12(16)3-5-13/h2-5,14H,6-11,17H2,1H3. The van der Waals surface area contributed by atoms with Crippen LogP contribution in [0.1, 0.15) is 6.42 Å². The number of piperazine rings is 1. The Morgan fingerprint density at radius 3 is 2.43 bits per heavy atom. The topological polar surface area (TPSA) is 58.8 Å². The molecule has 116 valence electrons. The van der Waals surface area contributed by atoms with Crippen molar-refractivity contribution in [2.24, 2.45) is 5.73 Å². The quantitative estimate of drug-likeness (QED) is 0.892. The second-order valence-corrected chi connectivity index (χ2v) is 5.58. The van der Waals surface area contributed by atoms with Crippen LogP contribution in [0.15, 0.2) is 24.3 Å². The summed E-state index contributed by atoms with van der Waals surface area (Å²) in [7, 11) is 1.59. The number of carbonyl (C=O) groups is 1. The van der Waals surface area contributed by atoms with Gasteiger partial charge in [0.05, 0.1) is 12.5 Å². The van der Waals surface area contributed by atoms with Gasteiger partial charge >= 0.3 is 0 Å². The molecule has 1 aromatic carbocycles. The van der Waals surface area contributed by atoms with Crippen molar-refractivity contribution in [3.63, 3.8) is 0 Å². The van der Waals surface area contributed by atoms with E-state index in [1.807, 2.05) is 29.2 Å². The van der Waals surface area contributed by atoms with Crippen LogP contribution in [0, 0.1) is 0 Å². The van der Waals surface area contributed by atoms with Gasteiger partial charge in [-0.3, -0.25) is 4.79 Å². The predicted molar refractivity (Wildman–Crippen MR) is 84.7 cm³/mol. The Hall–Kier alpha value is -1.30. The van der Waals surface area contributed by atoms with Gasteiger partial charge in [0.25, 0.3) is 0 Å². The molecule has 0 aromatic heterocycles. The molecule has 1 amide bonds. The van der Waals surface area contributed by atoms with Gasteiger partial charge in [0, 0.05) is 50.5 Å². The molecule has 1 saturated heterocycles. The van der Waals surface area contributed by atoms with E-state index in [9.17, 15) is 4.79 Å². The molecule has 1 unspecified atom stereocenters. The van der Waals surface area contributed by atoms with Crippen LogP contribution >= 0.6 is 11.6 Å². The number of ether oxygens (including phenoxy) is 1. The summed E-state index contributed by atoms with van der Waals surface area (Å²) in [6, 6.07) is 7.79. The third kappa shape index (κ3) is 4.33. The molecule has 21 heavy (non-hydrogen) atoms. The highest BCUT2D eigenvalue weighted by Gasteiger charge is 2.23. The van der Waals surface area contributed by atoms with Gasteiger partial charge in [-0.25, -0.2) is 0 Å². The zero-order valence-corrected chi connectivity index (χ0v) is 13.1. The Kier molecular flexibility index (Phi) is 5.85. The van der Waals surface area contributed by atoms with Crippen molar-refractivity contribution in [1.82, 2.24) is 4.90 Å². The summed E-state index contributed by atoms with van der Waals surface area (Å²) in [5, 5.41) is 0.736. The molecule has 2 rings (SSSR count). The van der Waals surface area contributed by atoms with Crippen LogP contribution in [0.3, 0.4) is 0 Å². The molecule has 1 fully saturated rings. The van der Waals surface area contributed by atoms with Crippen LogP contribution in [-0.4, -0.2) is 56.7 Å². The largest absolute Gasteiger partial charge is 0.380 e. The molecule has 1 aromatic rings. The van der Waals surface area contributed by atoms with Gasteiger partial charge in [0.15, 0.2) is 0 Å². The Balaban J connectivity index is 1.85. The molecule has 0 radical (unpaired) electrons. The van der Waals surface area contributed by atoms with Crippen LogP contribution in [-0.2, 0) is 9.53 Å². The number of rotatable bonds is 5. The zero-order valence-electron chi connectivity index (χ0n) is 12.3. The minimum atomic E-state index is -0.188. The van der Waals surface area contributed by atoms with Gasteiger partial charge in [0.2, 0.25) is 5.91 Å². The van der Waals surface area contributed by atoms with Gasteiger partial charge in [-0.1, -0.05) is 11.6 Å². The number of halogens is 1. The summed E-state index contributed by atoms with van der Waals surface area (Å²) in [5.74, 6) is 0.114. The summed E-state index contributed by atoms with van der Waals surface area (Å²) in [4.78, 5) is 16.3. The number of hydrogen-bond donors (Lipinski definition) is 1. The molecule has 0 spiro atoms. The van der Waals surface area contributed by atoms with E-state index in [2.05, 4.69) is 4.90 Å². The normalized spacial score (nSPS) is 16.9. The maximum atomic E-state index is 12.2. The van der Waals surface area contributed by atoms with E-state index in [4.69, 9.17) is 22.1 Å². The predicted octanol–water partition coefficient (Wildman–Crippen LogP) is 1.35. The number of nitrogens with zero attached hydrogens (tertiary/aromatic N) is 2. The maximum absolute atomic E-state index is 12.2. The molecule has 0 bridgehead atoms. The van der Waals surface area contributed by atoms with Gasteiger partial charge in [-0.15, -0.1) is 0 Å².